The van der Waals surface area contributed by atoms with Crippen LogP contribution in [0.2, 0.25) is 0 Å². The van der Waals surface area contributed by atoms with Gasteiger partial charge in [0.25, 0.3) is 5.91 Å². The van der Waals surface area contributed by atoms with Gasteiger partial charge in [-0.15, -0.1) is 0 Å². The second-order valence-corrected chi connectivity index (χ2v) is 6.57. The topological polar surface area (TPSA) is 59.0 Å². The molecule has 4 rings (SSSR count). The lowest BCUT2D eigenvalue weighted by atomic mass is 9.96. The predicted molar refractivity (Wildman–Crippen MR) is 98.6 cm³/mol. The lowest BCUT2D eigenvalue weighted by Crippen LogP contribution is -2.24. The van der Waals surface area contributed by atoms with E-state index in [2.05, 4.69) is 21.7 Å². The first-order chi connectivity index (χ1) is 12.2. The van der Waals surface area contributed by atoms with Crippen molar-refractivity contribution in [1.29, 1.82) is 0 Å². The fourth-order valence-corrected chi connectivity index (χ4v) is 3.49. The maximum Gasteiger partial charge on any atom is 0.251 e. The molecule has 2 N–H and O–H groups in total. The van der Waals surface area contributed by atoms with Gasteiger partial charge in [0.05, 0.1) is 17.6 Å². The van der Waals surface area contributed by atoms with E-state index in [-0.39, 0.29) is 5.91 Å². The molecular weight excluding hydrogens is 312 g/mol. The maximum atomic E-state index is 12.5. The molecule has 25 heavy (non-hydrogen) atoms. The molecule has 5 heteroatoms. The smallest absolute Gasteiger partial charge is 0.251 e. The van der Waals surface area contributed by atoms with E-state index in [9.17, 15) is 4.79 Å². The van der Waals surface area contributed by atoms with Gasteiger partial charge in [0.2, 0.25) is 0 Å². The molecule has 2 aromatic carbocycles. The van der Waals surface area contributed by atoms with Crippen molar-refractivity contribution in [3.8, 4) is 0 Å². The number of benzene rings is 2. The van der Waals surface area contributed by atoms with Crippen LogP contribution in [-0.2, 0) is 13.6 Å². The van der Waals surface area contributed by atoms with Crippen LogP contribution >= 0.6 is 0 Å². The normalized spacial score (nSPS) is 17.1. The number of nitrogens with zero attached hydrogens (tertiary/aromatic N) is 2. The van der Waals surface area contributed by atoms with Crippen molar-refractivity contribution in [2.75, 3.05) is 13.1 Å². The van der Waals surface area contributed by atoms with Gasteiger partial charge in [-0.25, -0.2) is 4.98 Å². The van der Waals surface area contributed by atoms with Gasteiger partial charge in [0.15, 0.2) is 0 Å². The SMILES string of the molecule is Cn1c(CNC(=O)c2cccc([C@@H]3CCNC3)c2)nc2ccccc21. The quantitative estimate of drug-likeness (QED) is 0.771. The van der Waals surface area contributed by atoms with Crippen LogP contribution in [0.4, 0.5) is 0 Å². The highest BCUT2D eigenvalue weighted by molar-refractivity contribution is 5.94. The average molecular weight is 334 g/mol. The molecule has 1 amide bonds. The van der Waals surface area contributed by atoms with E-state index >= 15 is 0 Å². The highest BCUT2D eigenvalue weighted by Crippen LogP contribution is 2.23. The summed E-state index contributed by atoms with van der Waals surface area (Å²) in [6.07, 6.45) is 1.13. The van der Waals surface area contributed by atoms with Crippen molar-refractivity contribution in [3.63, 3.8) is 0 Å². The number of carbonyl (C=O) groups is 1. The van der Waals surface area contributed by atoms with Gasteiger partial charge in [-0.2, -0.15) is 0 Å². The molecule has 0 bridgehead atoms. The summed E-state index contributed by atoms with van der Waals surface area (Å²) in [5.41, 5.74) is 3.97. The van der Waals surface area contributed by atoms with E-state index in [4.69, 9.17) is 0 Å². The van der Waals surface area contributed by atoms with Crippen LogP contribution in [0.25, 0.3) is 11.0 Å². The number of hydrogen-bond acceptors (Lipinski definition) is 3. The summed E-state index contributed by atoms with van der Waals surface area (Å²) in [6.45, 7) is 2.46. The largest absolute Gasteiger partial charge is 0.345 e. The minimum atomic E-state index is -0.0557. The van der Waals surface area contributed by atoms with Crippen molar-refractivity contribution >= 4 is 16.9 Å². The van der Waals surface area contributed by atoms with Crippen molar-refractivity contribution < 1.29 is 4.79 Å². The summed E-state index contributed by atoms with van der Waals surface area (Å²) in [5.74, 6) is 1.30. The van der Waals surface area contributed by atoms with Crippen LogP contribution in [-0.4, -0.2) is 28.5 Å². The third-order valence-electron chi connectivity index (χ3n) is 4.97. The Morgan fingerprint density at radius 1 is 1.28 bits per heavy atom. The number of carbonyl (C=O) groups excluding carboxylic acids is 1. The highest BCUT2D eigenvalue weighted by Gasteiger charge is 2.18. The Bertz CT molecular complexity index is 909. The number of hydrogen-bond donors (Lipinski definition) is 2. The number of rotatable bonds is 4. The molecule has 1 saturated heterocycles. The van der Waals surface area contributed by atoms with Crippen LogP contribution < -0.4 is 10.6 Å². The zero-order valence-corrected chi connectivity index (χ0v) is 14.3. The number of amides is 1. The first-order valence-electron chi connectivity index (χ1n) is 8.71. The molecule has 128 valence electrons. The summed E-state index contributed by atoms with van der Waals surface area (Å²) in [7, 11) is 1.98. The molecule has 0 spiro atoms. The molecule has 0 unspecified atom stereocenters. The Morgan fingerprint density at radius 3 is 2.96 bits per heavy atom. The summed E-state index contributed by atoms with van der Waals surface area (Å²) in [4.78, 5) is 17.1. The molecule has 0 aliphatic carbocycles. The number of aromatic nitrogens is 2. The third kappa shape index (κ3) is 3.15. The molecule has 1 aliphatic heterocycles. The minimum Gasteiger partial charge on any atom is -0.345 e. The lowest BCUT2D eigenvalue weighted by Gasteiger charge is -2.11. The molecule has 0 saturated carbocycles. The molecule has 1 aromatic heterocycles. The molecule has 5 nitrogen and oxygen atoms in total. The Morgan fingerprint density at radius 2 is 2.16 bits per heavy atom. The minimum absolute atomic E-state index is 0.0557. The molecule has 1 atom stereocenters. The first-order valence-corrected chi connectivity index (χ1v) is 8.71. The van der Waals surface area contributed by atoms with Crippen LogP contribution in [0.15, 0.2) is 48.5 Å². The third-order valence-corrected chi connectivity index (χ3v) is 4.97. The molecule has 0 radical (unpaired) electrons. The van der Waals surface area contributed by atoms with Crippen molar-refractivity contribution in [2.24, 2.45) is 7.05 Å². The van der Waals surface area contributed by atoms with E-state index in [1.807, 2.05) is 54.1 Å². The van der Waals surface area contributed by atoms with Gasteiger partial charge < -0.3 is 15.2 Å². The van der Waals surface area contributed by atoms with Crippen LogP contribution in [0, 0.1) is 0 Å². The van der Waals surface area contributed by atoms with Crippen molar-refractivity contribution in [1.82, 2.24) is 20.2 Å². The molecule has 1 fully saturated rings. The van der Waals surface area contributed by atoms with Gasteiger partial charge in [-0.3, -0.25) is 4.79 Å². The fourth-order valence-electron chi connectivity index (χ4n) is 3.49. The second kappa shape index (κ2) is 6.69. The summed E-state index contributed by atoms with van der Waals surface area (Å²) >= 11 is 0. The number of fused-ring (bicyclic) bond motifs is 1. The van der Waals surface area contributed by atoms with Crippen LogP contribution in [0.1, 0.15) is 34.1 Å². The Labute approximate surface area is 147 Å². The zero-order chi connectivity index (χ0) is 17.2. The molecular formula is C20H22N4O. The van der Waals surface area contributed by atoms with Crippen molar-refractivity contribution in [2.45, 2.75) is 18.9 Å². The van der Waals surface area contributed by atoms with E-state index in [0.717, 1.165) is 36.4 Å². The van der Waals surface area contributed by atoms with Crippen LogP contribution in [0.3, 0.4) is 0 Å². The van der Waals surface area contributed by atoms with Gasteiger partial charge in [0.1, 0.15) is 5.82 Å². The van der Waals surface area contributed by atoms with E-state index < -0.39 is 0 Å². The summed E-state index contributed by atoms with van der Waals surface area (Å²) in [6, 6.07) is 16.0. The molecule has 2 heterocycles. The number of nitrogens with one attached hydrogen (secondary N) is 2. The lowest BCUT2D eigenvalue weighted by molar-refractivity contribution is 0.0949. The standard InChI is InChI=1S/C20H22N4O/c1-24-18-8-3-2-7-17(18)23-19(24)13-22-20(25)15-6-4-5-14(11-15)16-9-10-21-12-16/h2-8,11,16,21H,9-10,12-13H2,1H3,(H,22,25)/t16-/m1/s1. The van der Waals surface area contributed by atoms with Crippen LogP contribution in [0.5, 0.6) is 0 Å². The molecule has 3 aromatic rings. The van der Waals surface area contributed by atoms with E-state index in [1.165, 1.54) is 5.56 Å². The Kier molecular flexibility index (Phi) is 4.24. The highest BCUT2D eigenvalue weighted by atomic mass is 16.1. The van der Waals surface area contributed by atoms with Crippen molar-refractivity contribution in [3.05, 3.63) is 65.5 Å². The fraction of sp³-hybridized carbons (Fsp3) is 0.300. The Balaban J connectivity index is 1.48. The monoisotopic (exact) mass is 334 g/mol. The van der Waals surface area contributed by atoms with Gasteiger partial charge in [-0.05, 0) is 48.7 Å². The van der Waals surface area contributed by atoms with Gasteiger partial charge in [-0.1, -0.05) is 24.3 Å². The average Bonchev–Trinajstić information content (AvgIpc) is 3.29. The summed E-state index contributed by atoms with van der Waals surface area (Å²) in [5, 5.41) is 6.37. The second-order valence-electron chi connectivity index (χ2n) is 6.57. The van der Waals surface area contributed by atoms with E-state index in [1.54, 1.807) is 0 Å². The Hall–Kier alpha value is -2.66. The number of imidazole rings is 1. The number of aryl methyl sites for hydroxylation is 1. The van der Waals surface area contributed by atoms with Gasteiger partial charge >= 0.3 is 0 Å². The van der Waals surface area contributed by atoms with Gasteiger partial charge in [0, 0.05) is 19.2 Å². The molecule has 1 aliphatic rings. The zero-order valence-electron chi connectivity index (χ0n) is 14.3. The van der Waals surface area contributed by atoms with E-state index in [0.29, 0.717) is 18.0 Å². The maximum absolute atomic E-state index is 12.5. The first kappa shape index (κ1) is 15.8. The number of para-hydroxylation sites is 2. The summed E-state index contributed by atoms with van der Waals surface area (Å²) < 4.78 is 2.02. The predicted octanol–water partition coefficient (Wildman–Crippen LogP) is 2.58.